The average Bonchev–Trinajstić information content (AvgIpc) is 2.95. The first-order valence-corrected chi connectivity index (χ1v) is 14.1. The summed E-state index contributed by atoms with van der Waals surface area (Å²) in [6.07, 6.45) is 0. The van der Waals surface area contributed by atoms with Gasteiger partial charge in [0.25, 0.3) is 10.0 Å². The molecule has 1 unspecified atom stereocenters. The molecule has 11 heteroatoms. The Morgan fingerprint density at radius 1 is 0.975 bits per heavy atom. The first-order valence-electron chi connectivity index (χ1n) is 12.7. The van der Waals surface area contributed by atoms with Gasteiger partial charge in [-0.15, -0.1) is 0 Å². The van der Waals surface area contributed by atoms with Crippen LogP contribution in [0.5, 0.6) is 11.5 Å². The Morgan fingerprint density at radius 2 is 1.62 bits per heavy atom. The van der Waals surface area contributed by atoms with Crippen LogP contribution < -0.4 is 19.1 Å². The minimum absolute atomic E-state index is 0.129. The fourth-order valence-electron chi connectivity index (χ4n) is 4.06. The van der Waals surface area contributed by atoms with E-state index in [0.717, 1.165) is 9.87 Å². The third kappa shape index (κ3) is 6.90. The zero-order valence-electron chi connectivity index (χ0n) is 23.2. The molecule has 0 aliphatic carbocycles. The van der Waals surface area contributed by atoms with Gasteiger partial charge in [0, 0.05) is 24.7 Å². The molecule has 0 heterocycles. The lowest BCUT2D eigenvalue weighted by molar-refractivity contribution is -0.139. The van der Waals surface area contributed by atoms with Gasteiger partial charge in [0.15, 0.2) is 11.5 Å². The van der Waals surface area contributed by atoms with E-state index >= 15 is 0 Å². The predicted octanol–water partition coefficient (Wildman–Crippen LogP) is 3.90. The molecule has 2 amide bonds. The van der Waals surface area contributed by atoms with Gasteiger partial charge in [0.2, 0.25) is 11.8 Å². The molecule has 1 N–H and O–H groups in total. The number of aryl methyl sites for hydroxylation is 1. The monoisotopic (exact) mass is 571 g/mol. The molecule has 0 saturated heterocycles. The molecule has 9 nitrogen and oxygen atoms in total. The molecule has 3 rings (SSSR count). The van der Waals surface area contributed by atoms with Crippen LogP contribution in [-0.2, 0) is 26.2 Å². The molecule has 0 radical (unpaired) electrons. The van der Waals surface area contributed by atoms with E-state index in [1.54, 1.807) is 37.3 Å². The highest BCUT2D eigenvalue weighted by Crippen LogP contribution is 2.32. The summed E-state index contributed by atoms with van der Waals surface area (Å²) >= 11 is 0. The van der Waals surface area contributed by atoms with Crippen LogP contribution in [0.3, 0.4) is 0 Å². The summed E-state index contributed by atoms with van der Waals surface area (Å²) < 4.78 is 54.0. The Morgan fingerprint density at radius 3 is 2.23 bits per heavy atom. The molecule has 214 valence electrons. The van der Waals surface area contributed by atoms with Gasteiger partial charge < -0.3 is 19.7 Å². The van der Waals surface area contributed by atoms with Crippen molar-refractivity contribution in [3.05, 3.63) is 83.7 Å². The van der Waals surface area contributed by atoms with Crippen LogP contribution in [0.15, 0.2) is 71.6 Å². The maximum atomic E-state index is 14.6. The zero-order valence-corrected chi connectivity index (χ0v) is 24.0. The molecule has 0 fully saturated rings. The van der Waals surface area contributed by atoms with Gasteiger partial charge in [0.1, 0.15) is 18.4 Å². The molecule has 40 heavy (non-hydrogen) atoms. The first-order chi connectivity index (χ1) is 19.0. The number of amides is 2. The second kappa shape index (κ2) is 13.3. The van der Waals surface area contributed by atoms with E-state index < -0.39 is 40.2 Å². The number of nitrogens with one attached hydrogen (secondary N) is 1. The normalized spacial score (nSPS) is 11.8. The van der Waals surface area contributed by atoms with Crippen molar-refractivity contribution in [1.29, 1.82) is 0 Å². The quantitative estimate of drug-likeness (QED) is 0.354. The van der Waals surface area contributed by atoms with E-state index in [-0.39, 0.29) is 28.4 Å². The van der Waals surface area contributed by atoms with E-state index in [1.807, 2.05) is 6.92 Å². The van der Waals surface area contributed by atoms with Crippen molar-refractivity contribution >= 4 is 27.5 Å². The van der Waals surface area contributed by atoms with Crippen molar-refractivity contribution in [3.63, 3.8) is 0 Å². The fourth-order valence-corrected chi connectivity index (χ4v) is 5.49. The zero-order chi connectivity index (χ0) is 29.4. The minimum atomic E-state index is -4.31. The summed E-state index contributed by atoms with van der Waals surface area (Å²) in [5.74, 6) is -1.14. The SMILES string of the molecule is CCNC(=O)C(C)N(Cc1ccccc1F)C(=O)CN(c1ccc(C)cc1)S(=O)(=O)c1ccc(OC)c(OC)c1. The number of nitrogens with zero attached hydrogens (tertiary/aromatic N) is 2. The van der Waals surface area contributed by atoms with Gasteiger partial charge in [-0.05, 0) is 51.1 Å². The van der Waals surface area contributed by atoms with Crippen LogP contribution in [0.25, 0.3) is 0 Å². The Balaban J connectivity index is 2.08. The van der Waals surface area contributed by atoms with Gasteiger partial charge in [-0.2, -0.15) is 0 Å². The highest BCUT2D eigenvalue weighted by atomic mass is 32.2. The number of methoxy groups -OCH3 is 2. The Labute approximate surface area is 234 Å². The Bertz CT molecular complexity index is 1450. The maximum absolute atomic E-state index is 14.6. The van der Waals surface area contributed by atoms with Crippen LogP contribution in [0.1, 0.15) is 25.0 Å². The van der Waals surface area contributed by atoms with Crippen LogP contribution >= 0.6 is 0 Å². The smallest absolute Gasteiger partial charge is 0.264 e. The van der Waals surface area contributed by atoms with Crippen molar-refractivity contribution in [2.24, 2.45) is 0 Å². The molecule has 1 atom stereocenters. The van der Waals surface area contributed by atoms with E-state index in [1.165, 1.54) is 62.4 Å². The van der Waals surface area contributed by atoms with Gasteiger partial charge in [-0.25, -0.2) is 12.8 Å². The van der Waals surface area contributed by atoms with Crippen LogP contribution in [0.2, 0.25) is 0 Å². The van der Waals surface area contributed by atoms with E-state index in [0.29, 0.717) is 12.3 Å². The Kier molecular flexibility index (Phi) is 10.1. The molecule has 0 bridgehead atoms. The number of carbonyl (C=O) groups excluding carboxylic acids is 2. The Hall–Kier alpha value is -4.12. The van der Waals surface area contributed by atoms with E-state index in [9.17, 15) is 22.4 Å². The standard InChI is InChI=1S/C29H34FN3O6S/c1-6-31-29(35)21(3)32(18-22-9-7-8-10-25(22)30)28(34)19-33(23-13-11-20(2)12-14-23)40(36,37)24-15-16-26(38-4)27(17-24)39-5/h7-17,21H,6,18-19H2,1-5H3,(H,31,35). The van der Waals surface area contributed by atoms with Gasteiger partial charge in [-0.3, -0.25) is 13.9 Å². The highest BCUT2D eigenvalue weighted by molar-refractivity contribution is 7.92. The molecule has 0 aliphatic heterocycles. The van der Waals surface area contributed by atoms with Crippen LogP contribution in [-0.4, -0.2) is 58.5 Å². The number of anilines is 1. The van der Waals surface area contributed by atoms with Crippen molar-refractivity contribution < 1.29 is 31.9 Å². The topological polar surface area (TPSA) is 105 Å². The number of hydrogen-bond donors (Lipinski definition) is 1. The van der Waals surface area contributed by atoms with Crippen molar-refractivity contribution in [1.82, 2.24) is 10.2 Å². The summed E-state index contributed by atoms with van der Waals surface area (Å²) in [6.45, 7) is 4.56. The summed E-state index contributed by atoms with van der Waals surface area (Å²) in [4.78, 5) is 27.6. The third-order valence-electron chi connectivity index (χ3n) is 6.36. The molecular weight excluding hydrogens is 537 g/mol. The number of carbonyl (C=O) groups is 2. The maximum Gasteiger partial charge on any atom is 0.264 e. The highest BCUT2D eigenvalue weighted by Gasteiger charge is 2.33. The molecule has 0 saturated carbocycles. The molecule has 3 aromatic carbocycles. The van der Waals surface area contributed by atoms with Crippen molar-refractivity contribution in [3.8, 4) is 11.5 Å². The summed E-state index contributed by atoms with van der Waals surface area (Å²) in [5.41, 5.74) is 1.33. The fraction of sp³-hybridized carbons (Fsp3) is 0.310. The number of halogens is 1. The van der Waals surface area contributed by atoms with Crippen LogP contribution in [0.4, 0.5) is 10.1 Å². The van der Waals surface area contributed by atoms with Crippen molar-refractivity contribution in [2.75, 3.05) is 31.6 Å². The van der Waals surface area contributed by atoms with Crippen LogP contribution in [0, 0.1) is 12.7 Å². The molecule has 0 aromatic heterocycles. The lowest BCUT2D eigenvalue weighted by atomic mass is 10.1. The number of rotatable bonds is 12. The van der Waals surface area contributed by atoms with Gasteiger partial charge in [-0.1, -0.05) is 35.9 Å². The minimum Gasteiger partial charge on any atom is -0.493 e. The number of ether oxygens (including phenoxy) is 2. The second-order valence-corrected chi connectivity index (χ2v) is 10.9. The summed E-state index contributed by atoms with van der Waals surface area (Å²) in [5, 5.41) is 2.67. The third-order valence-corrected chi connectivity index (χ3v) is 8.13. The molecular formula is C29H34FN3O6S. The van der Waals surface area contributed by atoms with E-state index in [2.05, 4.69) is 5.32 Å². The number of benzene rings is 3. The second-order valence-electron chi connectivity index (χ2n) is 9.05. The largest absolute Gasteiger partial charge is 0.493 e. The molecule has 3 aromatic rings. The lowest BCUT2D eigenvalue weighted by Gasteiger charge is -2.32. The lowest BCUT2D eigenvalue weighted by Crippen LogP contribution is -2.51. The molecule has 0 spiro atoms. The summed E-state index contributed by atoms with van der Waals surface area (Å²) in [6, 6.07) is 15.7. The number of likely N-dealkylation sites (N-methyl/N-ethyl adjacent to an activating group) is 1. The van der Waals surface area contributed by atoms with Gasteiger partial charge in [0.05, 0.1) is 24.8 Å². The first kappa shape index (κ1) is 30.4. The average molecular weight is 572 g/mol. The van der Waals surface area contributed by atoms with Crippen molar-refractivity contribution in [2.45, 2.75) is 38.3 Å². The van der Waals surface area contributed by atoms with E-state index in [4.69, 9.17) is 9.47 Å². The number of hydrogen-bond acceptors (Lipinski definition) is 6. The number of sulfonamides is 1. The summed E-state index contributed by atoms with van der Waals surface area (Å²) in [7, 11) is -1.49. The van der Waals surface area contributed by atoms with Gasteiger partial charge >= 0.3 is 0 Å². The molecule has 0 aliphatic rings. The predicted molar refractivity (Wildman–Crippen MR) is 150 cm³/mol.